The Labute approximate surface area is 109 Å². The molecule has 0 aromatic heterocycles. The van der Waals surface area contributed by atoms with E-state index in [2.05, 4.69) is 23.1 Å². The first kappa shape index (κ1) is 12.0. The van der Waals surface area contributed by atoms with Crippen molar-refractivity contribution in [2.24, 2.45) is 0 Å². The third kappa shape index (κ3) is 2.13. The summed E-state index contributed by atoms with van der Waals surface area (Å²) in [5, 5.41) is 0. The molecule has 0 bridgehead atoms. The summed E-state index contributed by atoms with van der Waals surface area (Å²) in [7, 11) is 1.77. The zero-order valence-corrected chi connectivity index (χ0v) is 11.1. The highest BCUT2D eigenvalue weighted by atomic mass is 16.5. The van der Waals surface area contributed by atoms with Crippen molar-refractivity contribution in [2.45, 2.75) is 31.2 Å². The Morgan fingerprint density at radius 3 is 2.94 bits per heavy atom. The zero-order chi connectivity index (χ0) is 12.6. The topological polar surface area (TPSA) is 38.5 Å². The van der Waals surface area contributed by atoms with Gasteiger partial charge in [-0.2, -0.15) is 0 Å². The monoisotopic (exact) mass is 246 g/mol. The molecule has 1 spiro atoms. The van der Waals surface area contributed by atoms with Crippen LogP contribution in [0.1, 0.15) is 30.4 Å². The SMILES string of the molecule is COCCCN1Cc2cc(N)ccc2C2(CC2)C1. The fourth-order valence-electron chi connectivity index (χ4n) is 3.24. The van der Waals surface area contributed by atoms with Crippen LogP contribution in [0, 0.1) is 0 Å². The Morgan fingerprint density at radius 1 is 1.39 bits per heavy atom. The number of methoxy groups -OCH3 is 1. The second kappa shape index (κ2) is 4.56. The quantitative estimate of drug-likeness (QED) is 0.653. The molecule has 3 nitrogen and oxygen atoms in total. The molecular formula is C15H22N2O. The fourth-order valence-corrected chi connectivity index (χ4v) is 3.24. The Balaban J connectivity index is 1.77. The van der Waals surface area contributed by atoms with E-state index in [9.17, 15) is 0 Å². The predicted octanol–water partition coefficient (Wildman–Crippen LogP) is 2.15. The average Bonchev–Trinajstić information content (AvgIpc) is 3.09. The summed E-state index contributed by atoms with van der Waals surface area (Å²) in [4.78, 5) is 2.56. The van der Waals surface area contributed by atoms with Gasteiger partial charge in [-0.25, -0.2) is 0 Å². The number of ether oxygens (including phenoxy) is 1. The lowest BCUT2D eigenvalue weighted by Crippen LogP contribution is -2.38. The van der Waals surface area contributed by atoms with Gasteiger partial charge in [-0.15, -0.1) is 0 Å². The molecule has 98 valence electrons. The molecule has 3 heteroatoms. The molecule has 1 aromatic rings. The van der Waals surface area contributed by atoms with Crippen molar-refractivity contribution in [3.05, 3.63) is 29.3 Å². The van der Waals surface area contributed by atoms with Crippen LogP contribution in [0.5, 0.6) is 0 Å². The minimum absolute atomic E-state index is 0.453. The molecule has 2 aliphatic rings. The van der Waals surface area contributed by atoms with Crippen LogP contribution in [0.4, 0.5) is 5.69 Å². The highest BCUT2D eigenvalue weighted by molar-refractivity contribution is 5.50. The number of nitrogen functional groups attached to an aromatic ring is 1. The molecule has 1 aromatic carbocycles. The van der Waals surface area contributed by atoms with Gasteiger partial charge in [0.15, 0.2) is 0 Å². The Hall–Kier alpha value is -1.06. The van der Waals surface area contributed by atoms with E-state index < -0.39 is 0 Å². The molecule has 1 saturated carbocycles. The maximum atomic E-state index is 5.92. The Morgan fingerprint density at radius 2 is 2.22 bits per heavy atom. The molecule has 3 rings (SSSR count). The Bertz CT molecular complexity index is 440. The summed E-state index contributed by atoms with van der Waals surface area (Å²) >= 11 is 0. The smallest absolute Gasteiger partial charge is 0.0474 e. The van der Waals surface area contributed by atoms with E-state index >= 15 is 0 Å². The number of rotatable bonds is 4. The van der Waals surface area contributed by atoms with E-state index in [1.165, 1.54) is 24.9 Å². The van der Waals surface area contributed by atoms with Crippen molar-refractivity contribution >= 4 is 5.69 Å². The second-order valence-corrected chi connectivity index (χ2v) is 5.75. The van der Waals surface area contributed by atoms with E-state index in [1.54, 1.807) is 12.7 Å². The summed E-state index contributed by atoms with van der Waals surface area (Å²) in [5.41, 5.74) is 10.3. The molecule has 0 unspecified atom stereocenters. The maximum Gasteiger partial charge on any atom is 0.0474 e. The highest BCUT2D eigenvalue weighted by Gasteiger charge is 2.48. The van der Waals surface area contributed by atoms with E-state index in [-0.39, 0.29) is 0 Å². The number of fused-ring (bicyclic) bond motifs is 2. The van der Waals surface area contributed by atoms with Crippen LogP contribution in [-0.2, 0) is 16.7 Å². The van der Waals surface area contributed by atoms with Gasteiger partial charge in [-0.3, -0.25) is 4.90 Å². The minimum atomic E-state index is 0.453. The van der Waals surface area contributed by atoms with Crippen molar-refractivity contribution in [3.8, 4) is 0 Å². The average molecular weight is 246 g/mol. The van der Waals surface area contributed by atoms with Gasteiger partial charge in [0, 0.05) is 44.5 Å². The number of nitrogens with zero attached hydrogens (tertiary/aromatic N) is 1. The van der Waals surface area contributed by atoms with E-state index in [0.717, 1.165) is 31.8 Å². The highest BCUT2D eigenvalue weighted by Crippen LogP contribution is 2.52. The van der Waals surface area contributed by atoms with Crippen molar-refractivity contribution in [1.82, 2.24) is 4.90 Å². The van der Waals surface area contributed by atoms with E-state index in [4.69, 9.17) is 10.5 Å². The largest absolute Gasteiger partial charge is 0.399 e. The molecule has 1 aliphatic carbocycles. The number of hydrogen-bond acceptors (Lipinski definition) is 3. The molecule has 0 atom stereocenters. The maximum absolute atomic E-state index is 5.92. The standard InChI is InChI=1S/C15H22N2O/c1-18-8-2-7-17-10-12-9-13(16)3-4-14(12)15(11-17)5-6-15/h3-4,9H,2,5-8,10-11,16H2,1H3. The summed E-state index contributed by atoms with van der Waals surface area (Å²) in [6.07, 6.45) is 3.79. The van der Waals surface area contributed by atoms with Crippen LogP contribution >= 0.6 is 0 Å². The molecule has 0 saturated heterocycles. The van der Waals surface area contributed by atoms with Gasteiger partial charge in [0.25, 0.3) is 0 Å². The van der Waals surface area contributed by atoms with Crippen LogP contribution in [0.15, 0.2) is 18.2 Å². The summed E-state index contributed by atoms with van der Waals surface area (Å²) in [6, 6.07) is 6.47. The van der Waals surface area contributed by atoms with Crippen molar-refractivity contribution in [2.75, 3.05) is 32.5 Å². The number of benzene rings is 1. The molecule has 0 radical (unpaired) electrons. The van der Waals surface area contributed by atoms with Gasteiger partial charge in [-0.05, 0) is 42.5 Å². The first-order valence-corrected chi connectivity index (χ1v) is 6.84. The lowest BCUT2D eigenvalue weighted by atomic mass is 9.86. The normalized spacial score (nSPS) is 20.9. The number of anilines is 1. The third-order valence-electron chi connectivity index (χ3n) is 4.30. The van der Waals surface area contributed by atoms with Crippen LogP contribution in [0.25, 0.3) is 0 Å². The first-order chi connectivity index (χ1) is 8.73. The number of nitrogens with two attached hydrogens (primary N) is 1. The van der Waals surface area contributed by atoms with Crippen molar-refractivity contribution in [3.63, 3.8) is 0 Å². The fraction of sp³-hybridized carbons (Fsp3) is 0.600. The van der Waals surface area contributed by atoms with Gasteiger partial charge in [0.2, 0.25) is 0 Å². The molecular weight excluding hydrogens is 224 g/mol. The van der Waals surface area contributed by atoms with Crippen molar-refractivity contribution < 1.29 is 4.74 Å². The summed E-state index contributed by atoms with van der Waals surface area (Å²) < 4.78 is 5.14. The molecule has 0 amide bonds. The van der Waals surface area contributed by atoms with Crippen LogP contribution < -0.4 is 5.73 Å². The molecule has 18 heavy (non-hydrogen) atoms. The molecule has 1 heterocycles. The van der Waals surface area contributed by atoms with Gasteiger partial charge in [-0.1, -0.05) is 6.07 Å². The minimum Gasteiger partial charge on any atom is -0.399 e. The van der Waals surface area contributed by atoms with E-state index in [1.807, 2.05) is 0 Å². The molecule has 1 aliphatic heterocycles. The summed E-state index contributed by atoms with van der Waals surface area (Å²) in [6.45, 7) is 4.25. The molecule has 1 fully saturated rings. The van der Waals surface area contributed by atoms with Gasteiger partial charge >= 0.3 is 0 Å². The van der Waals surface area contributed by atoms with Gasteiger partial charge < -0.3 is 10.5 Å². The summed E-state index contributed by atoms with van der Waals surface area (Å²) in [5.74, 6) is 0. The number of hydrogen-bond donors (Lipinski definition) is 1. The second-order valence-electron chi connectivity index (χ2n) is 5.75. The molecule has 2 N–H and O–H groups in total. The van der Waals surface area contributed by atoms with Gasteiger partial charge in [0.05, 0.1) is 0 Å². The third-order valence-corrected chi connectivity index (χ3v) is 4.30. The zero-order valence-electron chi connectivity index (χ0n) is 11.1. The Kier molecular flexibility index (Phi) is 3.04. The van der Waals surface area contributed by atoms with Crippen LogP contribution in [-0.4, -0.2) is 31.7 Å². The first-order valence-electron chi connectivity index (χ1n) is 6.84. The van der Waals surface area contributed by atoms with Crippen molar-refractivity contribution in [1.29, 1.82) is 0 Å². The predicted molar refractivity (Wildman–Crippen MR) is 73.5 cm³/mol. The lowest BCUT2D eigenvalue weighted by molar-refractivity contribution is 0.159. The van der Waals surface area contributed by atoms with Gasteiger partial charge in [0.1, 0.15) is 0 Å². The van der Waals surface area contributed by atoms with Crippen LogP contribution in [0.2, 0.25) is 0 Å². The van der Waals surface area contributed by atoms with E-state index in [0.29, 0.717) is 5.41 Å². The lowest BCUT2D eigenvalue weighted by Gasteiger charge is -2.35. The van der Waals surface area contributed by atoms with Crippen LogP contribution in [0.3, 0.4) is 0 Å².